The molecule has 0 heteroatoms. The van der Waals surface area contributed by atoms with Gasteiger partial charge in [-0.05, 0) is 312 Å². The second-order valence-corrected chi connectivity index (χ2v) is 30.0. The van der Waals surface area contributed by atoms with Crippen molar-refractivity contribution in [3.63, 3.8) is 0 Å². The van der Waals surface area contributed by atoms with E-state index in [2.05, 4.69) is 425 Å². The molecule has 20 aromatic rings. The van der Waals surface area contributed by atoms with Gasteiger partial charge in [0.1, 0.15) is 0 Å². The predicted octanol–water partition coefficient (Wildman–Crippen LogP) is 40.4. The normalized spacial score (nSPS) is 9.90. The molecule has 0 bridgehead atoms. The minimum Gasteiger partial charge on any atom is -0.0683 e. The first-order valence-electron chi connectivity index (χ1n) is 47.1. The summed E-state index contributed by atoms with van der Waals surface area (Å²) in [6.07, 6.45) is 0. The molecule has 654 valence electrons. The SMILES string of the molecule is CC.CC.CC.CC.CC.CC.CC.CC.CC.Cc1c2ccccc2c(C)c2ccccc12.Cc1ccc(C)c2cc3ccccc3cc12.Cc1ccc2c(C)cccc2c1.Cc1ccc2c(ccc3cc(C)ccc32)c1.Cc1ccc2cc(C)c3ccccc3c2c1.Cc1ccc2cc3cc(C)ccc3cc2c1.Cc1cccc2c(C)c3ccccc3cc12. The van der Waals surface area contributed by atoms with Crippen LogP contribution in [0.3, 0.4) is 0 Å². The fourth-order valence-corrected chi connectivity index (χ4v) is 15.9. The lowest BCUT2D eigenvalue weighted by Gasteiger charge is -2.11. The Kier molecular flexibility index (Phi) is 44.6. The minimum atomic E-state index is 1.32. The minimum absolute atomic E-state index is 1.32. The summed E-state index contributed by atoms with van der Waals surface area (Å²) in [5.41, 5.74) is 18.8. The largest absolute Gasteiger partial charge is 0.0683 e. The van der Waals surface area contributed by atoms with Gasteiger partial charge >= 0.3 is 0 Å². The van der Waals surface area contributed by atoms with E-state index in [1.807, 2.05) is 125 Å². The zero-order valence-corrected chi connectivity index (χ0v) is 83.2. The van der Waals surface area contributed by atoms with E-state index in [-0.39, 0.29) is 0 Å². The van der Waals surface area contributed by atoms with E-state index >= 15 is 0 Å². The Hall–Kier alpha value is -12.2. The van der Waals surface area contributed by atoms with Crippen molar-refractivity contribution in [2.45, 2.75) is 222 Å². The van der Waals surface area contributed by atoms with Crippen molar-refractivity contribution in [1.82, 2.24) is 0 Å². The second-order valence-electron chi connectivity index (χ2n) is 30.0. The highest BCUT2D eigenvalue weighted by molar-refractivity contribution is 6.11. The summed E-state index contributed by atoms with van der Waals surface area (Å²) in [7, 11) is 0. The number of aryl methyl sites for hydroxylation is 14. The standard InChI is InChI=1S/6C16H14.C12H12.9C2H6/c1-11-3-7-15-13(9-11)5-6-14-10-12(2)4-8-16(14)15;1-11-3-5-13-10-16-8-12(2)4-6-14(16)9-15(13)7-11;1-11-13-7-3-5-9-15(13)12(2)16-10-6-4-8-14(11)16;1-11-6-5-9-15-12(2)14-8-4-3-7-13(14)10-16(11)15;1-11-7-8-12(2)16-10-14-6-4-3-5-13(14)9-15(11)16;1-11-7-8-13-10-12(2)14-5-3-4-6-15(14)16(13)9-11;1-9-6-7-12-10(2)4-3-5-11(12)8-9;9*1-2/h6*3-10H,1-2H3;3-8H,1-2H3;9*1-2H3. The van der Waals surface area contributed by atoms with Crippen LogP contribution in [0.5, 0.6) is 0 Å². The molecule has 126 heavy (non-hydrogen) atoms. The highest BCUT2D eigenvalue weighted by atomic mass is 14.1. The fraction of sp³-hybridized carbons (Fsp3) is 0.254. The summed E-state index contributed by atoms with van der Waals surface area (Å²) in [6, 6.07) is 118. The van der Waals surface area contributed by atoms with E-state index in [1.54, 1.807) is 0 Å². The Bertz CT molecular complexity index is 6390. The highest BCUT2D eigenvalue weighted by Gasteiger charge is 2.10. The zero-order valence-electron chi connectivity index (χ0n) is 83.2. The fourth-order valence-electron chi connectivity index (χ4n) is 15.9. The third-order valence-corrected chi connectivity index (χ3v) is 21.9. The van der Waals surface area contributed by atoms with Crippen LogP contribution in [-0.4, -0.2) is 0 Å². The molecule has 0 aliphatic carbocycles. The van der Waals surface area contributed by atoms with Gasteiger partial charge < -0.3 is 0 Å². The maximum atomic E-state index is 2.30. The van der Waals surface area contributed by atoms with Gasteiger partial charge in [0.05, 0.1) is 0 Å². The molecule has 0 heterocycles. The lowest BCUT2D eigenvalue weighted by Crippen LogP contribution is -1.87. The predicted molar refractivity (Wildman–Crippen MR) is 581 cm³/mol. The summed E-state index contributed by atoms with van der Waals surface area (Å²) in [5.74, 6) is 0. The number of hydrogen-bond acceptors (Lipinski definition) is 0. The van der Waals surface area contributed by atoms with Crippen LogP contribution in [0.4, 0.5) is 0 Å². The lowest BCUT2D eigenvalue weighted by atomic mass is 9.93. The van der Waals surface area contributed by atoms with Crippen LogP contribution in [0, 0.1) is 96.9 Å². The monoisotopic (exact) mass is 1660 g/mol. The first-order valence-corrected chi connectivity index (χ1v) is 47.1. The van der Waals surface area contributed by atoms with Crippen LogP contribution in [0.15, 0.2) is 328 Å². The molecule has 0 radical (unpaired) electrons. The maximum absolute atomic E-state index is 2.30. The summed E-state index contributed by atoms with van der Waals surface area (Å²) >= 11 is 0. The molecular weight excluding hydrogens is 1510 g/mol. The number of benzene rings is 20. The molecule has 0 N–H and O–H groups in total. The van der Waals surface area contributed by atoms with Gasteiger partial charge in [0.2, 0.25) is 0 Å². The van der Waals surface area contributed by atoms with Crippen LogP contribution in [-0.2, 0) is 0 Å². The molecular formula is C126H150. The topological polar surface area (TPSA) is 0 Å². The van der Waals surface area contributed by atoms with Crippen molar-refractivity contribution < 1.29 is 0 Å². The van der Waals surface area contributed by atoms with E-state index in [0.717, 1.165) is 0 Å². The van der Waals surface area contributed by atoms with Gasteiger partial charge in [0.15, 0.2) is 0 Å². The molecule has 0 aliphatic rings. The van der Waals surface area contributed by atoms with Crippen molar-refractivity contribution in [3.05, 3.63) is 405 Å². The third kappa shape index (κ3) is 26.7. The van der Waals surface area contributed by atoms with Gasteiger partial charge in [-0.25, -0.2) is 0 Å². The summed E-state index contributed by atoms with van der Waals surface area (Å²) in [5, 5.41) is 35.1. The number of rotatable bonds is 0. The second kappa shape index (κ2) is 53.8. The van der Waals surface area contributed by atoms with Crippen molar-refractivity contribution >= 4 is 140 Å². The summed E-state index contributed by atoms with van der Waals surface area (Å²) in [6.45, 7) is 66.3. The molecule has 20 rings (SSSR count). The Morgan fingerprint density at radius 2 is 0.333 bits per heavy atom. The van der Waals surface area contributed by atoms with E-state index in [1.165, 1.54) is 218 Å². The average Bonchev–Trinajstić information content (AvgIpc) is 0.768. The average molecular weight is 1660 g/mol. The Labute approximate surface area is 761 Å². The molecule has 0 fully saturated rings. The van der Waals surface area contributed by atoms with Gasteiger partial charge in [-0.15, -0.1) is 0 Å². The number of fused-ring (bicyclic) bond motifs is 15. The highest BCUT2D eigenvalue weighted by Crippen LogP contribution is 2.35. The third-order valence-electron chi connectivity index (χ3n) is 21.9. The van der Waals surface area contributed by atoms with Crippen molar-refractivity contribution in [3.8, 4) is 0 Å². The van der Waals surface area contributed by atoms with Crippen LogP contribution in [0.1, 0.15) is 203 Å². The van der Waals surface area contributed by atoms with Crippen LogP contribution >= 0.6 is 0 Å². The Balaban J connectivity index is 0.000000253. The molecule has 0 spiro atoms. The quantitative estimate of drug-likeness (QED) is 0.105. The molecule has 0 saturated carbocycles. The van der Waals surface area contributed by atoms with Crippen LogP contribution in [0.25, 0.3) is 140 Å². The van der Waals surface area contributed by atoms with Crippen LogP contribution < -0.4 is 0 Å². The van der Waals surface area contributed by atoms with Gasteiger partial charge in [0.25, 0.3) is 0 Å². The molecule has 0 amide bonds. The number of hydrogen-bond donors (Lipinski definition) is 0. The molecule has 0 aromatic heterocycles. The molecule has 0 aliphatic heterocycles. The van der Waals surface area contributed by atoms with Crippen molar-refractivity contribution in [2.24, 2.45) is 0 Å². The molecule has 0 unspecified atom stereocenters. The molecule has 20 aromatic carbocycles. The molecule has 0 nitrogen and oxygen atoms in total. The lowest BCUT2D eigenvalue weighted by molar-refractivity contribution is 1.47. The first kappa shape index (κ1) is 104. The van der Waals surface area contributed by atoms with Crippen LogP contribution in [0.2, 0.25) is 0 Å². The molecule has 0 atom stereocenters. The van der Waals surface area contributed by atoms with Gasteiger partial charge in [0, 0.05) is 0 Å². The van der Waals surface area contributed by atoms with Gasteiger partial charge in [-0.3, -0.25) is 0 Å². The van der Waals surface area contributed by atoms with Crippen molar-refractivity contribution in [2.75, 3.05) is 0 Å². The smallest absolute Gasteiger partial charge is 0.0103 e. The van der Waals surface area contributed by atoms with E-state index in [0.29, 0.717) is 0 Å². The van der Waals surface area contributed by atoms with E-state index < -0.39 is 0 Å². The maximum Gasteiger partial charge on any atom is -0.0103 e. The van der Waals surface area contributed by atoms with E-state index in [4.69, 9.17) is 0 Å². The summed E-state index contributed by atoms with van der Waals surface area (Å²) < 4.78 is 0. The Morgan fingerprint density at radius 1 is 0.103 bits per heavy atom. The molecule has 0 saturated heterocycles. The van der Waals surface area contributed by atoms with Crippen molar-refractivity contribution in [1.29, 1.82) is 0 Å². The Morgan fingerprint density at radius 3 is 0.754 bits per heavy atom. The van der Waals surface area contributed by atoms with Gasteiger partial charge in [-0.1, -0.05) is 455 Å². The summed E-state index contributed by atoms with van der Waals surface area (Å²) in [4.78, 5) is 0. The van der Waals surface area contributed by atoms with E-state index in [9.17, 15) is 0 Å². The first-order chi connectivity index (χ1) is 61.3. The van der Waals surface area contributed by atoms with Gasteiger partial charge in [-0.2, -0.15) is 0 Å². The zero-order chi connectivity index (χ0) is 93.3.